The van der Waals surface area contributed by atoms with Gasteiger partial charge in [-0.05, 0) is 60.4 Å². The average molecular weight is 260 g/mol. The molecule has 0 radical (unpaired) electrons. The van der Waals surface area contributed by atoms with E-state index in [4.69, 9.17) is 0 Å². The zero-order valence-corrected chi connectivity index (χ0v) is 13.8. The molecule has 3 heteroatoms. The quantitative estimate of drug-likeness (QED) is 0.757. The van der Waals surface area contributed by atoms with Crippen LogP contribution in [0.5, 0.6) is 0 Å². The summed E-state index contributed by atoms with van der Waals surface area (Å²) in [5.74, 6) is 1.88. The fraction of sp³-hybridized carbons (Fsp3) is 1.00. The Bertz CT molecular complexity index is 201. The number of nitrogens with one attached hydrogen (secondary N) is 1. The first-order valence-corrected chi connectivity index (χ1v) is 8.04. The average Bonchev–Trinajstić information content (AvgIpc) is 2.23. The van der Waals surface area contributed by atoms with E-state index in [0.717, 1.165) is 6.54 Å². The standard InChI is InChI=1S/C14H32N2S/c1-11(9-15-14(4,5)6)13(3)16(7)12(2)10-17-8/h11-13,15H,9-10H2,1-8H3. The molecule has 0 spiro atoms. The molecule has 104 valence electrons. The Kier molecular flexibility index (Phi) is 7.77. The molecule has 17 heavy (non-hydrogen) atoms. The number of rotatable bonds is 7. The topological polar surface area (TPSA) is 15.3 Å². The fourth-order valence-electron chi connectivity index (χ4n) is 1.80. The minimum absolute atomic E-state index is 0.220. The van der Waals surface area contributed by atoms with E-state index in [0.29, 0.717) is 18.0 Å². The van der Waals surface area contributed by atoms with Crippen molar-refractivity contribution in [2.45, 2.75) is 59.2 Å². The molecule has 0 aromatic heterocycles. The van der Waals surface area contributed by atoms with Crippen molar-refractivity contribution in [3.05, 3.63) is 0 Å². The molecule has 0 saturated heterocycles. The predicted molar refractivity (Wildman–Crippen MR) is 82.0 cm³/mol. The smallest absolute Gasteiger partial charge is 0.0157 e. The van der Waals surface area contributed by atoms with Crippen LogP contribution in [0.2, 0.25) is 0 Å². The molecule has 0 saturated carbocycles. The van der Waals surface area contributed by atoms with Crippen molar-refractivity contribution < 1.29 is 0 Å². The normalized spacial score (nSPS) is 18.2. The van der Waals surface area contributed by atoms with Crippen LogP contribution in [-0.2, 0) is 0 Å². The van der Waals surface area contributed by atoms with Crippen molar-refractivity contribution in [3.63, 3.8) is 0 Å². The van der Waals surface area contributed by atoms with Crippen molar-refractivity contribution in [1.82, 2.24) is 10.2 Å². The predicted octanol–water partition coefficient (Wildman–Crippen LogP) is 3.08. The lowest BCUT2D eigenvalue weighted by Crippen LogP contribution is -2.47. The van der Waals surface area contributed by atoms with Crippen LogP contribution in [-0.4, -0.2) is 48.1 Å². The molecule has 0 rings (SSSR count). The summed E-state index contributed by atoms with van der Waals surface area (Å²) in [4.78, 5) is 2.51. The maximum atomic E-state index is 3.60. The molecule has 1 N–H and O–H groups in total. The molecular formula is C14H32N2S. The Balaban J connectivity index is 4.15. The van der Waals surface area contributed by atoms with Gasteiger partial charge in [-0.2, -0.15) is 11.8 Å². The van der Waals surface area contributed by atoms with Gasteiger partial charge < -0.3 is 5.32 Å². The molecule has 0 aliphatic rings. The minimum atomic E-state index is 0.220. The molecule has 0 bridgehead atoms. The highest BCUT2D eigenvalue weighted by molar-refractivity contribution is 7.98. The van der Waals surface area contributed by atoms with Crippen LogP contribution < -0.4 is 5.32 Å². The van der Waals surface area contributed by atoms with Crippen LogP contribution in [0.4, 0.5) is 0 Å². The number of hydrogen-bond acceptors (Lipinski definition) is 3. The Morgan fingerprint density at radius 3 is 2.12 bits per heavy atom. The second-order valence-electron chi connectivity index (χ2n) is 6.32. The molecule has 3 unspecified atom stereocenters. The lowest BCUT2D eigenvalue weighted by molar-refractivity contribution is 0.156. The van der Waals surface area contributed by atoms with Crippen molar-refractivity contribution in [2.24, 2.45) is 5.92 Å². The van der Waals surface area contributed by atoms with E-state index in [1.807, 2.05) is 11.8 Å². The summed E-state index contributed by atoms with van der Waals surface area (Å²) in [6.07, 6.45) is 2.18. The number of nitrogens with zero attached hydrogens (tertiary/aromatic N) is 1. The lowest BCUT2D eigenvalue weighted by Gasteiger charge is -2.35. The van der Waals surface area contributed by atoms with Crippen LogP contribution in [0.3, 0.4) is 0 Å². The van der Waals surface area contributed by atoms with E-state index >= 15 is 0 Å². The summed E-state index contributed by atoms with van der Waals surface area (Å²) in [7, 11) is 2.25. The van der Waals surface area contributed by atoms with Gasteiger partial charge in [0.2, 0.25) is 0 Å². The van der Waals surface area contributed by atoms with E-state index in [9.17, 15) is 0 Å². The largest absolute Gasteiger partial charge is 0.312 e. The Hall–Kier alpha value is 0.270. The van der Waals surface area contributed by atoms with Crippen LogP contribution in [0.1, 0.15) is 41.5 Å². The van der Waals surface area contributed by atoms with Crippen LogP contribution in [0, 0.1) is 5.92 Å². The third-order valence-corrected chi connectivity index (χ3v) is 4.34. The van der Waals surface area contributed by atoms with Crippen LogP contribution >= 0.6 is 11.8 Å². The molecule has 0 fully saturated rings. The molecule has 0 amide bonds. The summed E-state index contributed by atoms with van der Waals surface area (Å²) in [6, 6.07) is 1.27. The van der Waals surface area contributed by atoms with Gasteiger partial charge in [-0.1, -0.05) is 6.92 Å². The molecule has 2 nitrogen and oxygen atoms in total. The maximum Gasteiger partial charge on any atom is 0.0157 e. The third-order valence-electron chi connectivity index (χ3n) is 3.52. The second kappa shape index (κ2) is 7.65. The van der Waals surface area contributed by atoms with Gasteiger partial charge in [-0.3, -0.25) is 4.90 Å². The maximum absolute atomic E-state index is 3.60. The zero-order valence-electron chi connectivity index (χ0n) is 13.0. The van der Waals surface area contributed by atoms with Crippen molar-refractivity contribution in [3.8, 4) is 0 Å². The number of hydrogen-bond donors (Lipinski definition) is 1. The Morgan fingerprint density at radius 2 is 1.71 bits per heavy atom. The summed E-state index contributed by atoms with van der Waals surface area (Å²) in [5, 5.41) is 3.60. The Labute approximate surface area is 113 Å². The van der Waals surface area contributed by atoms with Gasteiger partial charge in [0.15, 0.2) is 0 Å². The van der Waals surface area contributed by atoms with Gasteiger partial charge in [0.05, 0.1) is 0 Å². The molecular weight excluding hydrogens is 228 g/mol. The molecule has 0 aromatic rings. The first kappa shape index (κ1) is 17.3. The molecule has 3 atom stereocenters. The molecule has 0 heterocycles. The monoisotopic (exact) mass is 260 g/mol. The first-order chi connectivity index (χ1) is 7.69. The van der Waals surface area contributed by atoms with Crippen molar-refractivity contribution >= 4 is 11.8 Å². The molecule has 0 aliphatic heterocycles. The minimum Gasteiger partial charge on any atom is -0.312 e. The van der Waals surface area contributed by atoms with E-state index in [2.05, 4.69) is 65.1 Å². The van der Waals surface area contributed by atoms with Crippen LogP contribution in [0.15, 0.2) is 0 Å². The van der Waals surface area contributed by atoms with Crippen molar-refractivity contribution in [1.29, 1.82) is 0 Å². The summed E-state index contributed by atoms with van der Waals surface area (Å²) < 4.78 is 0. The molecule has 0 aromatic carbocycles. The zero-order chi connectivity index (χ0) is 13.6. The lowest BCUT2D eigenvalue weighted by atomic mass is 9.99. The van der Waals surface area contributed by atoms with E-state index in [1.165, 1.54) is 5.75 Å². The Morgan fingerprint density at radius 1 is 1.18 bits per heavy atom. The van der Waals surface area contributed by atoms with E-state index in [-0.39, 0.29) is 5.54 Å². The van der Waals surface area contributed by atoms with E-state index in [1.54, 1.807) is 0 Å². The van der Waals surface area contributed by atoms with Gasteiger partial charge in [0.1, 0.15) is 0 Å². The first-order valence-electron chi connectivity index (χ1n) is 6.65. The highest BCUT2D eigenvalue weighted by atomic mass is 32.2. The highest BCUT2D eigenvalue weighted by Gasteiger charge is 2.22. The van der Waals surface area contributed by atoms with Gasteiger partial charge in [-0.15, -0.1) is 0 Å². The van der Waals surface area contributed by atoms with Gasteiger partial charge in [-0.25, -0.2) is 0 Å². The van der Waals surface area contributed by atoms with E-state index < -0.39 is 0 Å². The SMILES string of the molecule is CSCC(C)N(C)C(C)C(C)CNC(C)(C)C. The number of thioether (sulfide) groups is 1. The van der Waals surface area contributed by atoms with Gasteiger partial charge >= 0.3 is 0 Å². The third kappa shape index (κ3) is 7.32. The summed E-state index contributed by atoms with van der Waals surface area (Å²) in [5.41, 5.74) is 0.220. The summed E-state index contributed by atoms with van der Waals surface area (Å²) in [6.45, 7) is 14.8. The fourth-order valence-corrected chi connectivity index (χ4v) is 2.52. The van der Waals surface area contributed by atoms with Crippen LogP contribution in [0.25, 0.3) is 0 Å². The second-order valence-corrected chi connectivity index (χ2v) is 7.23. The van der Waals surface area contributed by atoms with Crippen molar-refractivity contribution in [2.75, 3.05) is 25.6 Å². The van der Waals surface area contributed by atoms with Gasteiger partial charge in [0, 0.05) is 23.4 Å². The summed E-state index contributed by atoms with van der Waals surface area (Å²) >= 11 is 1.93. The molecule has 0 aliphatic carbocycles. The van der Waals surface area contributed by atoms with Gasteiger partial charge in [0.25, 0.3) is 0 Å². The highest BCUT2D eigenvalue weighted by Crippen LogP contribution is 2.14.